The van der Waals surface area contributed by atoms with Gasteiger partial charge < -0.3 is 10.6 Å². The fourth-order valence-electron chi connectivity index (χ4n) is 2.34. The summed E-state index contributed by atoms with van der Waals surface area (Å²) in [5, 5.41) is 0. The number of hydrogen-bond donors (Lipinski definition) is 1. The Bertz CT molecular complexity index is 219. The molecule has 1 heterocycles. The third kappa shape index (κ3) is 4.30. The molecule has 1 aliphatic heterocycles. The number of carbonyl (C=O) groups is 1. The van der Waals surface area contributed by atoms with E-state index in [9.17, 15) is 4.79 Å². The van der Waals surface area contributed by atoms with Gasteiger partial charge in [0, 0.05) is 12.6 Å². The lowest BCUT2D eigenvalue weighted by Crippen LogP contribution is -2.50. The molecule has 0 aromatic carbocycles. The van der Waals surface area contributed by atoms with Crippen molar-refractivity contribution in [3.05, 3.63) is 0 Å². The maximum atomic E-state index is 11.9. The van der Waals surface area contributed by atoms with Crippen molar-refractivity contribution in [2.45, 2.75) is 58.5 Å². The largest absolute Gasteiger partial charge is 0.338 e. The lowest BCUT2D eigenvalue weighted by molar-refractivity contribution is -0.136. The monoisotopic (exact) mass is 248 g/mol. The van der Waals surface area contributed by atoms with Crippen molar-refractivity contribution in [2.24, 2.45) is 11.7 Å². The van der Waals surface area contributed by atoms with Crippen LogP contribution in [-0.2, 0) is 4.79 Å². The quantitative estimate of drug-likeness (QED) is 0.832. The second-order valence-electron chi connectivity index (χ2n) is 5.10. The van der Waals surface area contributed by atoms with Crippen LogP contribution in [0.4, 0.5) is 0 Å². The molecule has 2 atom stereocenters. The van der Waals surface area contributed by atoms with Gasteiger partial charge in [-0.15, -0.1) is 12.4 Å². The van der Waals surface area contributed by atoms with Gasteiger partial charge in [-0.25, -0.2) is 0 Å². The van der Waals surface area contributed by atoms with Crippen LogP contribution >= 0.6 is 12.4 Å². The molecule has 1 saturated heterocycles. The first-order valence-corrected chi connectivity index (χ1v) is 6.08. The summed E-state index contributed by atoms with van der Waals surface area (Å²) in [6.45, 7) is 7.10. The van der Waals surface area contributed by atoms with Gasteiger partial charge in [0.05, 0.1) is 6.04 Å². The standard InChI is InChI=1S/C12H24N2O.ClH/c1-9(2)8-11-6-4-5-7-14(11)12(15)10(3)13;/h9-11H,4-8,13H2,1-3H3;1H/t10-,11?;/m1./s1. The molecule has 0 radical (unpaired) electrons. The highest BCUT2D eigenvalue weighted by atomic mass is 35.5. The number of amides is 1. The summed E-state index contributed by atoms with van der Waals surface area (Å²) in [6, 6.07) is 0.0787. The molecule has 1 aliphatic rings. The zero-order chi connectivity index (χ0) is 11.4. The van der Waals surface area contributed by atoms with Gasteiger partial charge >= 0.3 is 0 Å². The van der Waals surface area contributed by atoms with E-state index in [0.29, 0.717) is 12.0 Å². The molecule has 0 saturated carbocycles. The van der Waals surface area contributed by atoms with Gasteiger partial charge in [-0.2, -0.15) is 0 Å². The maximum Gasteiger partial charge on any atom is 0.239 e. The summed E-state index contributed by atoms with van der Waals surface area (Å²) in [4.78, 5) is 13.9. The van der Waals surface area contributed by atoms with Crippen LogP contribution in [0.25, 0.3) is 0 Å². The van der Waals surface area contributed by atoms with Gasteiger partial charge in [-0.05, 0) is 38.5 Å². The first kappa shape index (κ1) is 15.7. The van der Waals surface area contributed by atoms with E-state index in [-0.39, 0.29) is 24.4 Å². The highest BCUT2D eigenvalue weighted by molar-refractivity contribution is 5.85. The van der Waals surface area contributed by atoms with Crippen LogP contribution in [0, 0.1) is 5.92 Å². The summed E-state index contributed by atoms with van der Waals surface area (Å²) in [5.41, 5.74) is 5.67. The Hall–Kier alpha value is -0.280. The van der Waals surface area contributed by atoms with Gasteiger partial charge in [0.1, 0.15) is 0 Å². The molecule has 0 bridgehead atoms. The van der Waals surface area contributed by atoms with E-state index >= 15 is 0 Å². The molecule has 4 heteroatoms. The predicted molar refractivity (Wildman–Crippen MR) is 69.7 cm³/mol. The summed E-state index contributed by atoms with van der Waals surface area (Å²) in [6.07, 6.45) is 4.64. The predicted octanol–water partition coefficient (Wildman–Crippen LogP) is 2.18. The lowest BCUT2D eigenvalue weighted by Gasteiger charge is -2.37. The zero-order valence-electron chi connectivity index (χ0n) is 10.6. The summed E-state index contributed by atoms with van der Waals surface area (Å²) in [5.74, 6) is 0.775. The molecule has 1 unspecified atom stereocenters. The van der Waals surface area contributed by atoms with Crippen molar-refractivity contribution in [1.29, 1.82) is 0 Å². The zero-order valence-corrected chi connectivity index (χ0v) is 11.4. The SMILES string of the molecule is CC(C)CC1CCCCN1C(=O)[C@@H](C)N.Cl. The van der Waals surface area contributed by atoms with E-state index < -0.39 is 0 Å². The fraction of sp³-hybridized carbons (Fsp3) is 0.917. The number of hydrogen-bond acceptors (Lipinski definition) is 2. The Kier molecular flexibility index (Phi) is 7.00. The van der Waals surface area contributed by atoms with Gasteiger partial charge in [0.25, 0.3) is 0 Å². The van der Waals surface area contributed by atoms with Crippen LogP contribution in [0.15, 0.2) is 0 Å². The van der Waals surface area contributed by atoms with E-state index in [0.717, 1.165) is 25.8 Å². The number of nitrogens with zero attached hydrogens (tertiary/aromatic N) is 1. The second-order valence-corrected chi connectivity index (χ2v) is 5.10. The summed E-state index contributed by atoms with van der Waals surface area (Å²) in [7, 11) is 0. The minimum Gasteiger partial charge on any atom is -0.338 e. The van der Waals surface area contributed by atoms with Crippen LogP contribution < -0.4 is 5.73 Å². The fourth-order valence-corrected chi connectivity index (χ4v) is 2.34. The number of halogens is 1. The van der Waals surface area contributed by atoms with Crippen LogP contribution in [-0.4, -0.2) is 29.4 Å². The average Bonchev–Trinajstić information content (AvgIpc) is 2.16. The number of carbonyl (C=O) groups excluding carboxylic acids is 1. The minimum atomic E-state index is -0.349. The Labute approximate surface area is 105 Å². The van der Waals surface area contributed by atoms with Crippen LogP contribution in [0.5, 0.6) is 0 Å². The van der Waals surface area contributed by atoms with Crippen molar-refractivity contribution in [3.8, 4) is 0 Å². The molecule has 0 aliphatic carbocycles. The highest BCUT2D eigenvalue weighted by Crippen LogP contribution is 2.23. The lowest BCUT2D eigenvalue weighted by atomic mass is 9.93. The molecular weight excluding hydrogens is 224 g/mol. The molecule has 0 spiro atoms. The number of nitrogens with two attached hydrogens (primary N) is 1. The normalized spacial score (nSPS) is 22.8. The number of likely N-dealkylation sites (tertiary alicyclic amines) is 1. The Balaban J connectivity index is 0.00000225. The second kappa shape index (κ2) is 7.13. The molecule has 1 amide bonds. The van der Waals surface area contributed by atoms with Crippen LogP contribution in [0.3, 0.4) is 0 Å². The molecule has 96 valence electrons. The van der Waals surface area contributed by atoms with Gasteiger partial charge in [-0.1, -0.05) is 13.8 Å². The van der Waals surface area contributed by atoms with Crippen LogP contribution in [0.1, 0.15) is 46.5 Å². The average molecular weight is 249 g/mol. The number of rotatable bonds is 3. The van der Waals surface area contributed by atoms with Crippen LogP contribution in [0.2, 0.25) is 0 Å². The summed E-state index contributed by atoms with van der Waals surface area (Å²) < 4.78 is 0. The molecule has 3 nitrogen and oxygen atoms in total. The van der Waals surface area contributed by atoms with E-state index in [1.165, 1.54) is 6.42 Å². The Morgan fingerprint density at radius 1 is 1.38 bits per heavy atom. The molecule has 2 N–H and O–H groups in total. The summed E-state index contributed by atoms with van der Waals surface area (Å²) >= 11 is 0. The third-order valence-corrected chi connectivity index (χ3v) is 3.04. The Morgan fingerprint density at radius 3 is 2.50 bits per heavy atom. The molecule has 0 aromatic heterocycles. The van der Waals surface area contributed by atoms with Crippen molar-refractivity contribution in [1.82, 2.24) is 4.90 Å². The molecule has 1 rings (SSSR count). The number of piperidine rings is 1. The van der Waals surface area contributed by atoms with Crippen molar-refractivity contribution in [3.63, 3.8) is 0 Å². The van der Waals surface area contributed by atoms with E-state index in [1.54, 1.807) is 6.92 Å². The third-order valence-electron chi connectivity index (χ3n) is 3.04. The van der Waals surface area contributed by atoms with Crippen molar-refractivity contribution >= 4 is 18.3 Å². The first-order valence-electron chi connectivity index (χ1n) is 6.08. The molecular formula is C12H25ClN2O. The van der Waals surface area contributed by atoms with Gasteiger partial charge in [0.2, 0.25) is 5.91 Å². The van der Waals surface area contributed by atoms with E-state index in [4.69, 9.17) is 5.73 Å². The van der Waals surface area contributed by atoms with E-state index in [1.807, 2.05) is 4.90 Å². The van der Waals surface area contributed by atoms with E-state index in [2.05, 4.69) is 13.8 Å². The van der Waals surface area contributed by atoms with Gasteiger partial charge in [0.15, 0.2) is 0 Å². The van der Waals surface area contributed by atoms with Gasteiger partial charge in [-0.3, -0.25) is 4.79 Å². The highest BCUT2D eigenvalue weighted by Gasteiger charge is 2.28. The molecule has 0 aromatic rings. The first-order chi connectivity index (χ1) is 7.02. The Morgan fingerprint density at radius 2 is 2.00 bits per heavy atom. The van der Waals surface area contributed by atoms with Crippen molar-refractivity contribution < 1.29 is 4.79 Å². The molecule has 1 fully saturated rings. The minimum absolute atomic E-state index is 0. The van der Waals surface area contributed by atoms with Crippen molar-refractivity contribution in [2.75, 3.05) is 6.54 Å². The molecule has 16 heavy (non-hydrogen) atoms. The smallest absolute Gasteiger partial charge is 0.239 e. The topological polar surface area (TPSA) is 46.3 Å². The maximum absolute atomic E-state index is 11.9.